The quantitative estimate of drug-likeness (QED) is 0.881. The van der Waals surface area contributed by atoms with Gasteiger partial charge in [-0.25, -0.2) is 9.37 Å². The first kappa shape index (κ1) is 11.3. The summed E-state index contributed by atoms with van der Waals surface area (Å²) in [4.78, 5) is 7.82. The molecule has 0 aliphatic heterocycles. The van der Waals surface area contributed by atoms with Gasteiger partial charge in [0.15, 0.2) is 0 Å². The Labute approximate surface area is 98.3 Å². The monoisotopic (exact) mass is 233 g/mol. The number of aryl methyl sites for hydroxylation is 1. The van der Waals surface area contributed by atoms with Crippen LogP contribution < -0.4 is 10.5 Å². The van der Waals surface area contributed by atoms with Gasteiger partial charge in [-0.1, -0.05) is 18.2 Å². The molecule has 0 amide bonds. The topological polar surface area (TPSA) is 61.0 Å². The Bertz CT molecular complexity index is 511. The van der Waals surface area contributed by atoms with Gasteiger partial charge in [-0.15, -0.1) is 0 Å². The second-order valence-electron chi connectivity index (χ2n) is 3.59. The number of nitrogen functional groups attached to an aromatic ring is 1. The van der Waals surface area contributed by atoms with Gasteiger partial charge in [0.25, 0.3) is 0 Å². The highest BCUT2D eigenvalue weighted by Gasteiger charge is 2.04. The Balaban J connectivity index is 2.10. The molecule has 0 radical (unpaired) electrons. The standard InChI is InChI=1S/C12H12FN3O/c1-8-6-11(16-12(14)15-8)17-7-9-4-2-3-5-10(9)13/h2-6H,7H2,1H3,(H2,14,15,16). The Morgan fingerprint density at radius 2 is 2.06 bits per heavy atom. The number of halogens is 1. The molecule has 0 atom stereocenters. The number of ether oxygens (including phenoxy) is 1. The van der Waals surface area contributed by atoms with Crippen LogP contribution in [0.15, 0.2) is 30.3 Å². The van der Waals surface area contributed by atoms with Gasteiger partial charge in [0.1, 0.15) is 12.4 Å². The molecule has 0 aliphatic rings. The van der Waals surface area contributed by atoms with Gasteiger partial charge in [0, 0.05) is 17.3 Å². The highest BCUT2D eigenvalue weighted by Crippen LogP contribution is 2.13. The molecule has 17 heavy (non-hydrogen) atoms. The normalized spacial score (nSPS) is 10.2. The predicted molar refractivity (Wildman–Crippen MR) is 61.9 cm³/mol. The van der Waals surface area contributed by atoms with Gasteiger partial charge < -0.3 is 10.5 Å². The van der Waals surface area contributed by atoms with Crippen LogP contribution in [-0.2, 0) is 6.61 Å². The van der Waals surface area contributed by atoms with Crippen molar-refractivity contribution in [3.8, 4) is 5.88 Å². The lowest BCUT2D eigenvalue weighted by Gasteiger charge is -2.07. The van der Waals surface area contributed by atoms with E-state index in [1.165, 1.54) is 6.07 Å². The molecule has 0 unspecified atom stereocenters. The molecule has 0 spiro atoms. The summed E-state index contributed by atoms with van der Waals surface area (Å²) in [5.41, 5.74) is 6.67. The molecule has 2 rings (SSSR count). The molecule has 2 N–H and O–H groups in total. The minimum Gasteiger partial charge on any atom is -0.473 e. The molecule has 0 bridgehead atoms. The average Bonchev–Trinajstić information content (AvgIpc) is 2.27. The molecule has 0 fully saturated rings. The summed E-state index contributed by atoms with van der Waals surface area (Å²) in [6, 6.07) is 8.08. The summed E-state index contributed by atoms with van der Waals surface area (Å²) in [6.07, 6.45) is 0. The Hall–Kier alpha value is -2.17. The number of nitrogens with two attached hydrogens (primary N) is 1. The molecule has 5 heteroatoms. The van der Waals surface area contributed by atoms with E-state index in [2.05, 4.69) is 9.97 Å². The third-order valence-electron chi connectivity index (χ3n) is 2.18. The first-order valence-corrected chi connectivity index (χ1v) is 5.12. The van der Waals surface area contributed by atoms with E-state index >= 15 is 0 Å². The van der Waals surface area contributed by atoms with Crippen molar-refractivity contribution in [3.05, 3.63) is 47.4 Å². The van der Waals surface area contributed by atoms with E-state index in [0.717, 1.165) is 0 Å². The van der Waals surface area contributed by atoms with Crippen molar-refractivity contribution in [2.75, 3.05) is 5.73 Å². The number of aromatic nitrogens is 2. The number of anilines is 1. The van der Waals surface area contributed by atoms with Crippen LogP contribution in [0, 0.1) is 12.7 Å². The molecule has 1 aromatic heterocycles. The first-order chi connectivity index (χ1) is 8.15. The molecule has 88 valence electrons. The molecule has 4 nitrogen and oxygen atoms in total. The number of benzene rings is 1. The van der Waals surface area contributed by atoms with Crippen LogP contribution >= 0.6 is 0 Å². The summed E-state index contributed by atoms with van der Waals surface area (Å²) < 4.78 is 18.7. The van der Waals surface area contributed by atoms with Crippen molar-refractivity contribution < 1.29 is 9.13 Å². The Morgan fingerprint density at radius 3 is 2.76 bits per heavy atom. The lowest BCUT2D eigenvalue weighted by molar-refractivity contribution is 0.288. The number of rotatable bonds is 3. The average molecular weight is 233 g/mol. The minimum atomic E-state index is -0.300. The molecule has 0 saturated carbocycles. The van der Waals surface area contributed by atoms with Gasteiger partial charge in [0.05, 0.1) is 0 Å². The number of hydrogen-bond acceptors (Lipinski definition) is 4. The zero-order chi connectivity index (χ0) is 12.3. The van der Waals surface area contributed by atoms with E-state index in [1.807, 2.05) is 0 Å². The summed E-state index contributed by atoms with van der Waals surface area (Å²) in [5.74, 6) is 0.193. The summed E-state index contributed by atoms with van der Waals surface area (Å²) in [7, 11) is 0. The molecular weight excluding hydrogens is 221 g/mol. The van der Waals surface area contributed by atoms with Crippen LogP contribution in [0.5, 0.6) is 5.88 Å². The number of nitrogens with zero attached hydrogens (tertiary/aromatic N) is 2. The third kappa shape index (κ3) is 2.90. The van der Waals surface area contributed by atoms with Gasteiger partial charge in [-0.2, -0.15) is 4.98 Å². The zero-order valence-electron chi connectivity index (χ0n) is 9.35. The Morgan fingerprint density at radius 1 is 1.29 bits per heavy atom. The summed E-state index contributed by atoms with van der Waals surface area (Å²) >= 11 is 0. The molecule has 2 aromatic rings. The maximum Gasteiger partial charge on any atom is 0.223 e. The Kier molecular flexibility index (Phi) is 3.18. The van der Waals surface area contributed by atoms with E-state index < -0.39 is 0 Å². The minimum absolute atomic E-state index is 0.114. The van der Waals surface area contributed by atoms with Gasteiger partial charge >= 0.3 is 0 Å². The van der Waals surface area contributed by atoms with Crippen molar-refractivity contribution in [2.24, 2.45) is 0 Å². The first-order valence-electron chi connectivity index (χ1n) is 5.12. The number of hydrogen-bond donors (Lipinski definition) is 1. The third-order valence-corrected chi connectivity index (χ3v) is 2.18. The summed E-state index contributed by atoms with van der Waals surface area (Å²) in [6.45, 7) is 1.90. The molecule has 0 aliphatic carbocycles. The fourth-order valence-electron chi connectivity index (χ4n) is 1.40. The maximum atomic E-state index is 13.3. The molecule has 1 aromatic carbocycles. The van der Waals surface area contributed by atoms with Crippen LogP contribution in [-0.4, -0.2) is 9.97 Å². The summed E-state index contributed by atoms with van der Waals surface area (Å²) in [5, 5.41) is 0. The predicted octanol–water partition coefficient (Wildman–Crippen LogP) is 2.09. The fraction of sp³-hybridized carbons (Fsp3) is 0.167. The maximum absolute atomic E-state index is 13.3. The lowest BCUT2D eigenvalue weighted by Crippen LogP contribution is -2.03. The highest BCUT2D eigenvalue weighted by molar-refractivity contribution is 5.26. The van der Waals surface area contributed by atoms with E-state index in [4.69, 9.17) is 10.5 Å². The van der Waals surface area contributed by atoms with Crippen molar-refractivity contribution >= 4 is 5.95 Å². The van der Waals surface area contributed by atoms with Crippen LogP contribution in [0.2, 0.25) is 0 Å². The van der Waals surface area contributed by atoms with Gasteiger partial charge in [0.2, 0.25) is 11.8 Å². The van der Waals surface area contributed by atoms with E-state index in [0.29, 0.717) is 17.1 Å². The van der Waals surface area contributed by atoms with E-state index in [1.54, 1.807) is 31.2 Å². The van der Waals surface area contributed by atoms with E-state index in [9.17, 15) is 4.39 Å². The van der Waals surface area contributed by atoms with Gasteiger partial charge in [-0.05, 0) is 13.0 Å². The smallest absolute Gasteiger partial charge is 0.223 e. The van der Waals surface area contributed by atoms with E-state index in [-0.39, 0.29) is 18.4 Å². The molecule has 1 heterocycles. The molecule has 0 saturated heterocycles. The van der Waals surface area contributed by atoms with Crippen LogP contribution in [0.1, 0.15) is 11.3 Å². The van der Waals surface area contributed by atoms with Crippen LogP contribution in [0.25, 0.3) is 0 Å². The van der Waals surface area contributed by atoms with Crippen molar-refractivity contribution in [1.82, 2.24) is 9.97 Å². The van der Waals surface area contributed by atoms with Gasteiger partial charge in [-0.3, -0.25) is 0 Å². The van der Waals surface area contributed by atoms with Crippen molar-refractivity contribution in [2.45, 2.75) is 13.5 Å². The second kappa shape index (κ2) is 4.78. The SMILES string of the molecule is Cc1cc(OCc2ccccc2F)nc(N)n1. The zero-order valence-corrected chi connectivity index (χ0v) is 9.35. The fourth-order valence-corrected chi connectivity index (χ4v) is 1.40. The van der Waals surface area contributed by atoms with Crippen LogP contribution in [0.4, 0.5) is 10.3 Å². The van der Waals surface area contributed by atoms with Crippen LogP contribution in [0.3, 0.4) is 0 Å². The van der Waals surface area contributed by atoms with Crippen molar-refractivity contribution in [3.63, 3.8) is 0 Å². The van der Waals surface area contributed by atoms with Crippen molar-refractivity contribution in [1.29, 1.82) is 0 Å². The lowest BCUT2D eigenvalue weighted by atomic mass is 10.2. The highest BCUT2D eigenvalue weighted by atomic mass is 19.1. The largest absolute Gasteiger partial charge is 0.473 e. The second-order valence-corrected chi connectivity index (χ2v) is 3.59. The molecular formula is C12H12FN3O.